The molecule has 1 N–H and O–H groups in total. The number of carbonyl (C=O) groups excluding carboxylic acids is 2. The van der Waals surface area contributed by atoms with E-state index in [1.165, 1.54) is 0 Å². The third-order valence-corrected chi connectivity index (χ3v) is 2.96. The van der Waals surface area contributed by atoms with Gasteiger partial charge in [0.05, 0.1) is 5.02 Å². The van der Waals surface area contributed by atoms with E-state index in [-0.39, 0.29) is 0 Å². The van der Waals surface area contributed by atoms with Crippen LogP contribution in [0.25, 0.3) is 0 Å². The molecule has 1 fully saturated rings. The summed E-state index contributed by atoms with van der Waals surface area (Å²) in [7, 11) is 0. The van der Waals surface area contributed by atoms with Gasteiger partial charge >= 0.3 is 0 Å². The smallest absolute Gasteiger partial charge is 0.284 e. The second-order valence-corrected chi connectivity index (χ2v) is 4.37. The Morgan fingerprint density at radius 1 is 1.31 bits per heavy atom. The molecule has 5 nitrogen and oxygen atoms in total. The van der Waals surface area contributed by atoms with Crippen molar-refractivity contribution in [1.29, 1.82) is 0 Å². The molecule has 0 saturated carbocycles. The van der Waals surface area contributed by atoms with Crippen LogP contribution < -0.4 is 5.32 Å². The molecule has 1 aliphatic heterocycles. The molecule has 0 aliphatic carbocycles. The van der Waals surface area contributed by atoms with Gasteiger partial charge in [0.1, 0.15) is 5.69 Å². The Morgan fingerprint density at radius 2 is 2.06 bits per heavy atom. The first kappa shape index (κ1) is 11.1. The standard InChI is InChI=1S/C9H6ClN3O2S/c10-5-3-1-2-4-6(5)12-13-8-7(14)11-9(15)16-8/h1-4,8H,(H,11,14,15). The van der Waals surface area contributed by atoms with Gasteiger partial charge < -0.3 is 0 Å². The first-order chi connectivity index (χ1) is 7.66. The third-order valence-electron chi connectivity index (χ3n) is 1.79. The number of nitrogens with one attached hydrogen (secondary N) is 1. The fourth-order valence-electron chi connectivity index (χ4n) is 1.07. The van der Waals surface area contributed by atoms with Crippen molar-refractivity contribution in [3.05, 3.63) is 29.3 Å². The second kappa shape index (κ2) is 4.63. The van der Waals surface area contributed by atoms with Crippen LogP contribution in [-0.4, -0.2) is 16.5 Å². The van der Waals surface area contributed by atoms with Gasteiger partial charge in [-0.2, -0.15) is 10.2 Å². The van der Waals surface area contributed by atoms with Crippen LogP contribution in [0.1, 0.15) is 0 Å². The maximum Gasteiger partial charge on any atom is 0.288 e. The predicted octanol–water partition coefficient (Wildman–Crippen LogP) is 2.73. The van der Waals surface area contributed by atoms with E-state index in [0.29, 0.717) is 10.7 Å². The molecule has 1 aromatic rings. The van der Waals surface area contributed by atoms with Gasteiger partial charge in [-0.05, 0) is 23.9 Å². The minimum Gasteiger partial charge on any atom is -0.284 e. The van der Waals surface area contributed by atoms with Gasteiger partial charge in [0.25, 0.3) is 11.1 Å². The number of nitrogens with zero attached hydrogens (tertiary/aromatic N) is 2. The normalized spacial score (nSPS) is 20.4. The predicted molar refractivity (Wildman–Crippen MR) is 60.9 cm³/mol. The number of azo groups is 1. The largest absolute Gasteiger partial charge is 0.288 e. The Kier molecular flexibility index (Phi) is 3.21. The summed E-state index contributed by atoms with van der Waals surface area (Å²) in [5, 5.41) is 8.92. The molecule has 1 atom stereocenters. The van der Waals surface area contributed by atoms with Crippen molar-refractivity contribution < 1.29 is 9.59 Å². The zero-order chi connectivity index (χ0) is 11.5. The van der Waals surface area contributed by atoms with Crippen LogP contribution in [0.5, 0.6) is 0 Å². The number of hydrogen-bond acceptors (Lipinski definition) is 5. The molecule has 1 aliphatic rings. The Morgan fingerprint density at radius 3 is 2.69 bits per heavy atom. The number of benzene rings is 1. The third kappa shape index (κ3) is 2.40. The lowest BCUT2D eigenvalue weighted by atomic mass is 10.3. The van der Waals surface area contributed by atoms with Crippen LogP contribution in [0, 0.1) is 0 Å². The van der Waals surface area contributed by atoms with Crippen molar-refractivity contribution in [2.45, 2.75) is 5.37 Å². The Labute approximate surface area is 100 Å². The summed E-state index contributed by atoms with van der Waals surface area (Å²) in [6.45, 7) is 0. The topological polar surface area (TPSA) is 70.9 Å². The highest BCUT2D eigenvalue weighted by molar-refractivity contribution is 8.15. The quantitative estimate of drug-likeness (QED) is 0.826. The number of amides is 2. The van der Waals surface area contributed by atoms with Gasteiger partial charge in [-0.3, -0.25) is 14.9 Å². The van der Waals surface area contributed by atoms with Gasteiger partial charge in [-0.1, -0.05) is 23.7 Å². The maximum atomic E-state index is 11.2. The number of carbonyl (C=O) groups is 2. The van der Waals surface area contributed by atoms with E-state index in [1.54, 1.807) is 24.3 Å². The molecule has 0 radical (unpaired) electrons. The summed E-state index contributed by atoms with van der Waals surface area (Å²) >= 11 is 6.64. The van der Waals surface area contributed by atoms with Crippen LogP contribution in [0.2, 0.25) is 5.02 Å². The molecule has 16 heavy (non-hydrogen) atoms. The first-order valence-electron chi connectivity index (χ1n) is 4.33. The molecule has 1 unspecified atom stereocenters. The number of halogens is 1. The summed E-state index contributed by atoms with van der Waals surface area (Å²) in [5.41, 5.74) is 0.469. The van der Waals surface area contributed by atoms with Crippen LogP contribution in [-0.2, 0) is 4.79 Å². The van der Waals surface area contributed by atoms with Crippen LogP contribution in [0.3, 0.4) is 0 Å². The minimum atomic E-state index is -0.816. The van der Waals surface area contributed by atoms with Crippen molar-refractivity contribution in [1.82, 2.24) is 5.32 Å². The molecule has 82 valence electrons. The summed E-state index contributed by atoms with van der Waals surface area (Å²) in [5.74, 6) is -0.453. The number of hydrogen-bond donors (Lipinski definition) is 1. The number of imide groups is 1. The van der Waals surface area contributed by atoms with E-state index in [1.807, 2.05) is 0 Å². The van der Waals surface area contributed by atoms with Gasteiger partial charge in [0.2, 0.25) is 5.37 Å². The fourth-order valence-corrected chi connectivity index (χ4v) is 1.87. The average Bonchev–Trinajstić information content (AvgIpc) is 2.56. The monoisotopic (exact) mass is 255 g/mol. The molecule has 0 bridgehead atoms. The SMILES string of the molecule is O=C1NC(=O)C(N=Nc2ccccc2Cl)S1. The van der Waals surface area contributed by atoms with Crippen molar-refractivity contribution in [2.75, 3.05) is 0 Å². The van der Waals surface area contributed by atoms with E-state index >= 15 is 0 Å². The molecule has 7 heteroatoms. The van der Waals surface area contributed by atoms with Crippen molar-refractivity contribution in [3.63, 3.8) is 0 Å². The highest BCUT2D eigenvalue weighted by atomic mass is 35.5. The summed E-state index contributed by atoms with van der Waals surface area (Å²) in [6.07, 6.45) is 0. The van der Waals surface area contributed by atoms with Crippen molar-refractivity contribution >= 4 is 40.2 Å². The molecule has 1 heterocycles. The molecular weight excluding hydrogens is 250 g/mol. The van der Waals surface area contributed by atoms with E-state index in [2.05, 4.69) is 15.5 Å². The van der Waals surface area contributed by atoms with Gasteiger partial charge in [-0.15, -0.1) is 0 Å². The summed E-state index contributed by atoms with van der Waals surface area (Å²) in [6, 6.07) is 6.86. The van der Waals surface area contributed by atoms with Crippen molar-refractivity contribution in [3.8, 4) is 0 Å². The summed E-state index contributed by atoms with van der Waals surface area (Å²) < 4.78 is 0. The lowest BCUT2D eigenvalue weighted by molar-refractivity contribution is -0.118. The van der Waals surface area contributed by atoms with Crippen LogP contribution in [0.4, 0.5) is 10.5 Å². The maximum absolute atomic E-state index is 11.2. The Balaban J connectivity index is 2.13. The zero-order valence-corrected chi connectivity index (χ0v) is 9.46. The van der Waals surface area contributed by atoms with E-state index in [4.69, 9.17) is 11.6 Å². The Hall–Kier alpha value is -1.40. The fraction of sp³-hybridized carbons (Fsp3) is 0.111. The lowest BCUT2D eigenvalue weighted by Crippen LogP contribution is -2.22. The van der Waals surface area contributed by atoms with E-state index < -0.39 is 16.5 Å². The van der Waals surface area contributed by atoms with E-state index in [9.17, 15) is 9.59 Å². The molecule has 2 amide bonds. The van der Waals surface area contributed by atoms with Crippen LogP contribution in [0.15, 0.2) is 34.5 Å². The molecule has 0 aromatic heterocycles. The van der Waals surface area contributed by atoms with Gasteiger partial charge in [-0.25, -0.2) is 0 Å². The average molecular weight is 256 g/mol. The lowest BCUT2D eigenvalue weighted by Gasteiger charge is -1.97. The van der Waals surface area contributed by atoms with Gasteiger partial charge in [0, 0.05) is 0 Å². The number of thioether (sulfide) groups is 1. The second-order valence-electron chi connectivity index (χ2n) is 2.91. The minimum absolute atomic E-state index is 0.409. The van der Waals surface area contributed by atoms with Crippen molar-refractivity contribution in [2.24, 2.45) is 10.2 Å². The zero-order valence-electron chi connectivity index (χ0n) is 7.88. The summed E-state index contributed by atoms with van der Waals surface area (Å²) in [4.78, 5) is 22.0. The molecule has 0 spiro atoms. The highest BCUT2D eigenvalue weighted by Crippen LogP contribution is 2.27. The number of rotatable bonds is 2. The molecular formula is C9H6ClN3O2S. The first-order valence-corrected chi connectivity index (χ1v) is 5.59. The molecule has 1 aromatic carbocycles. The van der Waals surface area contributed by atoms with E-state index in [0.717, 1.165) is 11.8 Å². The van der Waals surface area contributed by atoms with Crippen LogP contribution >= 0.6 is 23.4 Å². The Bertz CT molecular complexity index is 478. The highest BCUT2D eigenvalue weighted by Gasteiger charge is 2.31. The molecule has 1 saturated heterocycles. The molecule has 2 rings (SSSR count). The van der Waals surface area contributed by atoms with Gasteiger partial charge in [0.15, 0.2) is 0 Å².